The Balaban J connectivity index is 1.35. The number of nitrogens with one attached hydrogen (secondary N) is 1. The average Bonchev–Trinajstić information content (AvgIpc) is 3.10. The lowest BCUT2D eigenvalue weighted by Gasteiger charge is -2.10. The van der Waals surface area contributed by atoms with Crippen molar-refractivity contribution in [3.05, 3.63) is 70.3 Å². The van der Waals surface area contributed by atoms with E-state index in [0.29, 0.717) is 29.6 Å². The molecule has 28 heavy (non-hydrogen) atoms. The first-order chi connectivity index (χ1) is 13.6. The number of carbonyl (C=O) groups is 1. The van der Waals surface area contributed by atoms with Gasteiger partial charge in [-0.05, 0) is 42.0 Å². The molecule has 0 atom stereocenters. The van der Waals surface area contributed by atoms with Crippen molar-refractivity contribution in [2.75, 3.05) is 11.9 Å². The summed E-state index contributed by atoms with van der Waals surface area (Å²) in [6, 6.07) is 15.1. The van der Waals surface area contributed by atoms with Crippen molar-refractivity contribution in [2.45, 2.75) is 6.61 Å². The van der Waals surface area contributed by atoms with Crippen LogP contribution in [-0.2, 0) is 11.4 Å². The van der Waals surface area contributed by atoms with Gasteiger partial charge in [-0.15, -0.1) is 0 Å². The Morgan fingerprint density at radius 3 is 2.54 bits per heavy atom. The van der Waals surface area contributed by atoms with E-state index < -0.39 is 5.91 Å². The van der Waals surface area contributed by atoms with E-state index in [0.717, 1.165) is 22.6 Å². The number of nitrogens with zero attached hydrogens (tertiary/aromatic N) is 3. The van der Waals surface area contributed by atoms with Crippen molar-refractivity contribution in [2.24, 2.45) is 20.7 Å². The Morgan fingerprint density at radius 2 is 1.79 bits per heavy atom. The van der Waals surface area contributed by atoms with Crippen LogP contribution in [0.25, 0.3) is 0 Å². The van der Waals surface area contributed by atoms with E-state index in [1.54, 1.807) is 6.21 Å². The smallest absolute Gasteiger partial charge is 0.284 e. The van der Waals surface area contributed by atoms with Gasteiger partial charge in [0.15, 0.2) is 5.84 Å². The molecule has 0 aromatic heterocycles. The molecule has 8 heteroatoms. The summed E-state index contributed by atoms with van der Waals surface area (Å²) in [5, 5.41) is 3.95. The minimum atomic E-state index is -0.414. The Morgan fingerprint density at radius 1 is 1.04 bits per heavy atom. The first-order valence-electron chi connectivity index (χ1n) is 8.54. The van der Waals surface area contributed by atoms with Gasteiger partial charge in [0.2, 0.25) is 5.96 Å². The summed E-state index contributed by atoms with van der Waals surface area (Å²) in [4.78, 5) is 23.8. The number of amidine groups is 1. The number of anilines is 1. The Kier molecular flexibility index (Phi) is 4.90. The van der Waals surface area contributed by atoms with Gasteiger partial charge < -0.3 is 15.8 Å². The van der Waals surface area contributed by atoms with E-state index in [2.05, 4.69) is 20.3 Å². The van der Waals surface area contributed by atoms with Crippen molar-refractivity contribution in [3.8, 4) is 5.75 Å². The maximum atomic E-state index is 12.0. The van der Waals surface area contributed by atoms with Gasteiger partial charge in [-0.1, -0.05) is 23.7 Å². The van der Waals surface area contributed by atoms with E-state index >= 15 is 0 Å². The third-order valence-corrected chi connectivity index (χ3v) is 4.45. The van der Waals surface area contributed by atoms with Crippen LogP contribution in [0.1, 0.15) is 5.56 Å². The Hall–Kier alpha value is -3.45. The zero-order valence-corrected chi connectivity index (χ0v) is 15.5. The number of halogens is 1. The van der Waals surface area contributed by atoms with E-state index in [9.17, 15) is 4.79 Å². The van der Waals surface area contributed by atoms with Gasteiger partial charge in [0, 0.05) is 29.0 Å². The molecule has 0 radical (unpaired) electrons. The number of benzene rings is 2. The second kappa shape index (κ2) is 7.66. The summed E-state index contributed by atoms with van der Waals surface area (Å²) >= 11 is 5.88. The fraction of sp³-hybridized carbons (Fsp3) is 0.100. The molecule has 0 aliphatic carbocycles. The number of fused-ring (bicyclic) bond motifs is 1. The number of aliphatic imine (C=N–C) groups is 3. The van der Waals surface area contributed by atoms with Crippen molar-refractivity contribution in [1.82, 2.24) is 0 Å². The van der Waals surface area contributed by atoms with Crippen LogP contribution >= 0.6 is 11.6 Å². The molecule has 0 fully saturated rings. The number of hydrogen-bond acceptors (Lipinski definition) is 6. The van der Waals surface area contributed by atoms with Gasteiger partial charge in [-0.2, -0.15) is 9.98 Å². The lowest BCUT2D eigenvalue weighted by molar-refractivity contribution is -0.113. The molecule has 0 unspecified atom stereocenters. The van der Waals surface area contributed by atoms with Crippen LogP contribution in [0.3, 0.4) is 0 Å². The fourth-order valence-corrected chi connectivity index (χ4v) is 2.90. The molecule has 2 aromatic rings. The maximum absolute atomic E-state index is 12.0. The number of nitrogens with two attached hydrogens (primary N) is 1. The quantitative estimate of drug-likeness (QED) is 0.787. The van der Waals surface area contributed by atoms with Crippen LogP contribution in [0.15, 0.2) is 74.7 Å². The molecule has 2 aliphatic rings. The number of guanidine groups is 1. The summed E-state index contributed by atoms with van der Waals surface area (Å²) < 4.78 is 5.77. The monoisotopic (exact) mass is 393 g/mol. The minimum Gasteiger partial charge on any atom is -0.489 e. The molecular formula is C20H16ClN5O2. The predicted octanol–water partition coefficient (Wildman–Crippen LogP) is 2.97. The highest BCUT2D eigenvalue weighted by Crippen LogP contribution is 2.21. The van der Waals surface area contributed by atoms with Crippen molar-refractivity contribution >= 4 is 41.2 Å². The molecule has 2 aliphatic heterocycles. The van der Waals surface area contributed by atoms with Gasteiger partial charge in [0.25, 0.3) is 5.91 Å². The number of ether oxygens (including phenoxy) is 1. The fourth-order valence-electron chi connectivity index (χ4n) is 2.77. The third kappa shape index (κ3) is 3.94. The zero-order chi connectivity index (χ0) is 19.5. The summed E-state index contributed by atoms with van der Waals surface area (Å²) in [7, 11) is 0. The summed E-state index contributed by atoms with van der Waals surface area (Å²) in [5.74, 6) is 0.596. The Labute approximate surface area is 166 Å². The summed E-state index contributed by atoms with van der Waals surface area (Å²) in [6.07, 6.45) is 1.61. The first-order valence-corrected chi connectivity index (χ1v) is 8.92. The van der Waals surface area contributed by atoms with Gasteiger partial charge in [-0.25, -0.2) is 4.99 Å². The number of amides is 1. The molecule has 140 valence electrons. The topological polar surface area (TPSA) is 101 Å². The number of rotatable bonds is 6. The molecule has 0 spiro atoms. The number of hydrogen-bond donors (Lipinski definition) is 2. The van der Waals surface area contributed by atoms with Crippen LogP contribution in [0.5, 0.6) is 5.75 Å². The zero-order valence-electron chi connectivity index (χ0n) is 14.7. The third-order valence-electron chi connectivity index (χ3n) is 4.19. The van der Waals surface area contributed by atoms with E-state index in [1.165, 1.54) is 0 Å². The predicted molar refractivity (Wildman–Crippen MR) is 110 cm³/mol. The van der Waals surface area contributed by atoms with Crippen molar-refractivity contribution < 1.29 is 9.53 Å². The van der Waals surface area contributed by atoms with Crippen LogP contribution in [-0.4, -0.2) is 30.5 Å². The second-order valence-electron chi connectivity index (χ2n) is 6.16. The molecule has 2 heterocycles. The molecule has 0 saturated heterocycles. The molecular weight excluding hydrogens is 378 g/mol. The van der Waals surface area contributed by atoms with Gasteiger partial charge in [0.05, 0.1) is 5.57 Å². The number of carbonyl (C=O) groups excluding carboxylic acids is 1. The highest BCUT2D eigenvalue weighted by molar-refractivity contribution is 6.34. The SMILES string of the molecule is NC1=NC(=O)C2=C(CNc3ccc(OCc4ccc(Cl)cc4)cc3)C=NC2=N1. The largest absolute Gasteiger partial charge is 0.489 e. The molecule has 1 amide bonds. The molecule has 2 aromatic carbocycles. The Bertz CT molecular complexity index is 1040. The van der Waals surface area contributed by atoms with E-state index in [1.807, 2.05) is 48.5 Å². The van der Waals surface area contributed by atoms with Crippen molar-refractivity contribution in [3.63, 3.8) is 0 Å². The summed E-state index contributed by atoms with van der Waals surface area (Å²) in [5.41, 5.74) is 8.53. The molecule has 4 rings (SSSR count). The van der Waals surface area contributed by atoms with Crippen LogP contribution in [0.2, 0.25) is 5.02 Å². The van der Waals surface area contributed by atoms with Gasteiger partial charge >= 0.3 is 0 Å². The van der Waals surface area contributed by atoms with Gasteiger partial charge in [-0.3, -0.25) is 4.79 Å². The molecule has 0 bridgehead atoms. The maximum Gasteiger partial charge on any atom is 0.284 e. The molecule has 0 saturated carbocycles. The standard InChI is InChI=1S/C20H16ClN5O2/c21-14-3-1-12(2-4-14)11-28-16-7-5-15(6-8-16)23-9-13-10-24-18-17(13)19(27)26-20(22)25-18/h1-8,10,23H,9,11H2,(H2,22,26,27). The van der Waals surface area contributed by atoms with Crippen molar-refractivity contribution in [1.29, 1.82) is 0 Å². The normalized spacial score (nSPS) is 15.2. The summed E-state index contributed by atoms with van der Waals surface area (Å²) in [6.45, 7) is 0.883. The lowest BCUT2D eigenvalue weighted by Crippen LogP contribution is -2.23. The van der Waals surface area contributed by atoms with E-state index in [4.69, 9.17) is 22.1 Å². The van der Waals surface area contributed by atoms with Crippen LogP contribution in [0, 0.1) is 0 Å². The highest BCUT2D eigenvalue weighted by atomic mass is 35.5. The first kappa shape index (κ1) is 17.9. The molecule has 7 nitrogen and oxygen atoms in total. The second-order valence-corrected chi connectivity index (χ2v) is 6.60. The van der Waals surface area contributed by atoms with Gasteiger partial charge in [0.1, 0.15) is 12.4 Å². The average molecular weight is 394 g/mol. The lowest BCUT2D eigenvalue weighted by atomic mass is 10.1. The molecule has 3 N–H and O–H groups in total. The minimum absolute atomic E-state index is 0.0655. The highest BCUT2D eigenvalue weighted by Gasteiger charge is 2.27. The van der Waals surface area contributed by atoms with Crippen LogP contribution < -0.4 is 15.8 Å². The van der Waals surface area contributed by atoms with E-state index in [-0.39, 0.29) is 5.96 Å². The van der Waals surface area contributed by atoms with Crippen LogP contribution in [0.4, 0.5) is 5.69 Å².